The van der Waals surface area contributed by atoms with Gasteiger partial charge in [-0.15, -0.1) is 10.2 Å². The van der Waals surface area contributed by atoms with Crippen LogP contribution in [0, 0.1) is 10.1 Å². The highest BCUT2D eigenvalue weighted by Gasteiger charge is 2.16. The quantitative estimate of drug-likeness (QED) is 0.508. The number of nitro groups is 1. The average Bonchev–Trinajstić information content (AvgIpc) is 2.43. The fourth-order valence-electron chi connectivity index (χ4n) is 1.44. The molecule has 0 unspecified atom stereocenters. The summed E-state index contributed by atoms with van der Waals surface area (Å²) >= 11 is 11.3. The topological polar surface area (TPSA) is 118 Å². The third kappa shape index (κ3) is 3.36. The first-order valence-corrected chi connectivity index (χ1v) is 6.11. The van der Waals surface area contributed by atoms with Crippen LogP contribution in [0.4, 0.5) is 11.4 Å². The Labute approximate surface area is 127 Å². The molecule has 0 spiro atoms. The van der Waals surface area contributed by atoms with E-state index in [2.05, 4.69) is 15.5 Å². The molecule has 1 aromatic carbocycles. The van der Waals surface area contributed by atoms with Crippen LogP contribution in [0.1, 0.15) is 10.4 Å². The number of benzene rings is 1. The lowest BCUT2D eigenvalue weighted by atomic mass is 10.2. The minimum Gasteiger partial charge on any atom is -0.506 e. The van der Waals surface area contributed by atoms with Crippen LogP contribution in [0.2, 0.25) is 10.3 Å². The van der Waals surface area contributed by atoms with Gasteiger partial charge in [-0.05, 0) is 12.1 Å². The smallest absolute Gasteiger partial charge is 0.273 e. The second-order valence-electron chi connectivity index (χ2n) is 3.78. The predicted molar refractivity (Wildman–Crippen MR) is 74.8 cm³/mol. The van der Waals surface area contributed by atoms with Crippen molar-refractivity contribution < 1.29 is 14.8 Å². The van der Waals surface area contributed by atoms with Gasteiger partial charge in [-0.25, -0.2) is 0 Å². The molecule has 0 bridgehead atoms. The second-order valence-corrected chi connectivity index (χ2v) is 4.53. The monoisotopic (exact) mass is 328 g/mol. The second kappa shape index (κ2) is 5.90. The molecule has 2 N–H and O–H groups in total. The summed E-state index contributed by atoms with van der Waals surface area (Å²) in [7, 11) is 0. The van der Waals surface area contributed by atoms with E-state index in [9.17, 15) is 20.0 Å². The van der Waals surface area contributed by atoms with E-state index in [0.29, 0.717) is 0 Å². The zero-order valence-corrected chi connectivity index (χ0v) is 11.6. The first kappa shape index (κ1) is 14.9. The van der Waals surface area contributed by atoms with Crippen LogP contribution in [-0.2, 0) is 0 Å². The van der Waals surface area contributed by atoms with Gasteiger partial charge in [-0.1, -0.05) is 23.2 Å². The summed E-state index contributed by atoms with van der Waals surface area (Å²) < 4.78 is 0. The maximum atomic E-state index is 12.0. The van der Waals surface area contributed by atoms with Crippen molar-refractivity contribution >= 4 is 40.5 Å². The number of carbonyl (C=O) groups is 1. The number of non-ortho nitro benzene ring substituents is 1. The number of nitro benzene ring substituents is 1. The first-order chi connectivity index (χ1) is 9.88. The highest BCUT2D eigenvalue weighted by atomic mass is 35.5. The Bertz CT molecular complexity index is 738. The van der Waals surface area contributed by atoms with E-state index in [4.69, 9.17) is 23.2 Å². The summed E-state index contributed by atoms with van der Waals surface area (Å²) in [6.07, 6.45) is 0. The van der Waals surface area contributed by atoms with Crippen molar-refractivity contribution in [2.45, 2.75) is 0 Å². The van der Waals surface area contributed by atoms with Gasteiger partial charge in [0.25, 0.3) is 11.6 Å². The third-order valence-electron chi connectivity index (χ3n) is 2.40. The van der Waals surface area contributed by atoms with E-state index in [-0.39, 0.29) is 27.2 Å². The van der Waals surface area contributed by atoms with Crippen LogP contribution in [0.25, 0.3) is 0 Å². The van der Waals surface area contributed by atoms with E-state index in [1.165, 1.54) is 12.1 Å². The molecular weight excluding hydrogens is 323 g/mol. The lowest BCUT2D eigenvalue weighted by molar-refractivity contribution is -0.384. The molecule has 10 heteroatoms. The molecule has 1 heterocycles. The van der Waals surface area contributed by atoms with E-state index >= 15 is 0 Å². The Hall–Kier alpha value is -2.45. The zero-order valence-electron chi connectivity index (χ0n) is 10.1. The molecule has 0 aliphatic heterocycles. The molecule has 1 amide bonds. The Morgan fingerprint density at radius 2 is 2.00 bits per heavy atom. The van der Waals surface area contributed by atoms with E-state index < -0.39 is 16.6 Å². The van der Waals surface area contributed by atoms with Gasteiger partial charge in [-0.2, -0.15) is 0 Å². The van der Waals surface area contributed by atoms with Gasteiger partial charge in [0.2, 0.25) is 0 Å². The number of phenolic OH excluding ortho intramolecular Hbond substituents is 1. The molecule has 0 aliphatic carbocycles. The molecule has 0 atom stereocenters. The third-order valence-corrected chi connectivity index (χ3v) is 2.87. The molecule has 2 rings (SSSR count). The van der Waals surface area contributed by atoms with Gasteiger partial charge >= 0.3 is 0 Å². The van der Waals surface area contributed by atoms with Crippen LogP contribution in [0.5, 0.6) is 5.75 Å². The predicted octanol–water partition coefficient (Wildman–Crippen LogP) is 2.65. The first-order valence-electron chi connectivity index (χ1n) is 5.36. The Kier molecular flexibility index (Phi) is 4.20. The normalized spacial score (nSPS) is 10.2. The Balaban J connectivity index is 2.27. The minimum absolute atomic E-state index is 0.0189. The molecule has 108 valence electrons. The Morgan fingerprint density at radius 3 is 2.62 bits per heavy atom. The summed E-state index contributed by atoms with van der Waals surface area (Å²) in [5, 5.41) is 29.3. The molecule has 1 aromatic heterocycles. The number of aromatic nitrogens is 2. The summed E-state index contributed by atoms with van der Waals surface area (Å²) in [4.78, 5) is 21.9. The van der Waals surface area contributed by atoms with Crippen LogP contribution in [0.15, 0.2) is 24.3 Å². The number of carbonyl (C=O) groups excluding carboxylic acids is 1. The maximum Gasteiger partial charge on any atom is 0.273 e. The molecule has 0 fully saturated rings. The number of phenols is 1. The molecule has 8 nitrogen and oxygen atoms in total. The highest BCUT2D eigenvalue weighted by molar-refractivity contribution is 6.34. The summed E-state index contributed by atoms with van der Waals surface area (Å²) in [6.45, 7) is 0. The van der Waals surface area contributed by atoms with Gasteiger partial charge in [-0.3, -0.25) is 14.9 Å². The van der Waals surface area contributed by atoms with Crippen LogP contribution < -0.4 is 5.32 Å². The number of hydrogen-bond donors (Lipinski definition) is 2. The number of nitrogens with one attached hydrogen (secondary N) is 1. The van der Waals surface area contributed by atoms with E-state index in [1.54, 1.807) is 0 Å². The largest absolute Gasteiger partial charge is 0.506 e. The lowest BCUT2D eigenvalue weighted by Crippen LogP contribution is -2.13. The summed E-state index contributed by atoms with van der Waals surface area (Å²) in [5.74, 6) is -1.15. The lowest BCUT2D eigenvalue weighted by Gasteiger charge is -2.07. The number of amides is 1. The molecule has 21 heavy (non-hydrogen) atoms. The fraction of sp³-hybridized carbons (Fsp3) is 0. The number of rotatable bonds is 3. The molecule has 0 saturated carbocycles. The van der Waals surface area contributed by atoms with Crippen molar-refractivity contribution in [1.82, 2.24) is 10.2 Å². The zero-order chi connectivity index (χ0) is 15.6. The van der Waals surface area contributed by atoms with Crippen molar-refractivity contribution in [2.75, 3.05) is 5.32 Å². The van der Waals surface area contributed by atoms with Gasteiger partial charge in [0.15, 0.2) is 10.3 Å². The molecule has 0 aliphatic rings. The SMILES string of the molecule is O=C(Nc1ccc([N+](=O)[O-])cc1O)c1cc(Cl)nnc1Cl. The number of nitrogens with zero attached hydrogens (tertiary/aromatic N) is 3. The fourth-order valence-corrected chi connectivity index (χ4v) is 1.77. The van der Waals surface area contributed by atoms with Crippen molar-refractivity contribution in [2.24, 2.45) is 0 Å². The number of aromatic hydroxyl groups is 1. The molecular formula is C11H6Cl2N4O4. The number of hydrogen-bond acceptors (Lipinski definition) is 6. The molecule has 2 aromatic rings. The highest BCUT2D eigenvalue weighted by Crippen LogP contribution is 2.28. The van der Waals surface area contributed by atoms with Crippen LogP contribution in [-0.4, -0.2) is 26.1 Å². The summed E-state index contributed by atoms with van der Waals surface area (Å²) in [6, 6.07) is 4.44. The maximum absolute atomic E-state index is 12.0. The van der Waals surface area contributed by atoms with E-state index in [1.807, 2.05) is 0 Å². The van der Waals surface area contributed by atoms with Crippen LogP contribution >= 0.6 is 23.2 Å². The standard InChI is InChI=1S/C11H6Cl2N4O4/c12-9-4-6(10(13)16-15-9)11(19)14-7-2-1-5(17(20)21)3-8(7)18/h1-4,18H,(H,14,19). The number of anilines is 1. The van der Waals surface area contributed by atoms with Crippen molar-refractivity contribution in [3.8, 4) is 5.75 Å². The van der Waals surface area contributed by atoms with Gasteiger partial charge in [0.05, 0.1) is 22.2 Å². The summed E-state index contributed by atoms with van der Waals surface area (Å²) in [5.41, 5.74) is -0.374. The van der Waals surface area contributed by atoms with Crippen LogP contribution in [0.3, 0.4) is 0 Å². The molecule has 0 radical (unpaired) electrons. The average molecular weight is 329 g/mol. The van der Waals surface area contributed by atoms with Gasteiger partial charge < -0.3 is 10.4 Å². The van der Waals surface area contributed by atoms with Crippen molar-refractivity contribution in [3.63, 3.8) is 0 Å². The minimum atomic E-state index is -0.694. The van der Waals surface area contributed by atoms with Crippen molar-refractivity contribution in [1.29, 1.82) is 0 Å². The van der Waals surface area contributed by atoms with E-state index in [0.717, 1.165) is 12.1 Å². The van der Waals surface area contributed by atoms with Gasteiger partial charge in [0, 0.05) is 6.07 Å². The Morgan fingerprint density at radius 1 is 1.29 bits per heavy atom. The molecule has 0 saturated heterocycles. The van der Waals surface area contributed by atoms with Gasteiger partial charge in [0.1, 0.15) is 5.75 Å². The number of halogens is 2. The van der Waals surface area contributed by atoms with Crippen molar-refractivity contribution in [3.05, 3.63) is 50.2 Å².